The molecule has 1 atom stereocenters. The molecule has 1 fully saturated rings. The molecule has 3 aromatic heterocycles. The normalized spacial score (nSPS) is 15.6. The maximum atomic E-state index is 14.8. The van der Waals surface area contributed by atoms with E-state index in [0.29, 0.717) is 24.3 Å². The van der Waals surface area contributed by atoms with Gasteiger partial charge in [0.15, 0.2) is 5.69 Å². The largest absolute Gasteiger partial charge is 0.504 e. The third kappa shape index (κ3) is 5.75. The van der Waals surface area contributed by atoms with Crippen LogP contribution in [0.1, 0.15) is 12.8 Å². The van der Waals surface area contributed by atoms with Crippen molar-refractivity contribution in [1.82, 2.24) is 19.7 Å². The minimum atomic E-state index is -4.68. The lowest BCUT2D eigenvalue weighted by atomic mass is 10.0. The number of aromatic nitrogens is 4. The molecule has 0 aliphatic carbocycles. The van der Waals surface area contributed by atoms with Crippen LogP contribution < -0.4 is 20.7 Å². The second-order valence-electron chi connectivity index (χ2n) is 9.34. The van der Waals surface area contributed by atoms with Gasteiger partial charge in [0.1, 0.15) is 23.2 Å². The van der Waals surface area contributed by atoms with E-state index >= 15 is 0 Å². The van der Waals surface area contributed by atoms with Gasteiger partial charge in [0, 0.05) is 60.5 Å². The highest BCUT2D eigenvalue weighted by atomic mass is 19.4. The van der Waals surface area contributed by atoms with Crippen LogP contribution in [0, 0.1) is 15.9 Å². The van der Waals surface area contributed by atoms with Crippen molar-refractivity contribution in [2.45, 2.75) is 25.2 Å². The lowest BCUT2D eigenvalue weighted by Crippen LogP contribution is -2.43. The van der Waals surface area contributed by atoms with Gasteiger partial charge in [-0.3, -0.25) is 10.1 Å². The Morgan fingerprint density at radius 3 is 2.68 bits per heavy atom. The third-order valence-corrected chi connectivity index (χ3v) is 6.59. The standard InChI is InChI=1S/C26H24F4N8O3/c1-41-21-6-2-5-18(27)24(21)25-19(38(39)40)7-8-22(35-25)34-23-10-20(36-9-3-4-16(31)14-36)17(12-32-23)15-11-33-37(13-15)26(28,29)30/h2,5-8,10-13,16H,3-4,9,14,31H2,1H3,(H,32,34,35)/t16-/m0/s1. The first-order valence-corrected chi connectivity index (χ1v) is 12.4. The number of methoxy groups -OCH3 is 1. The smallest absolute Gasteiger partial charge is 0.496 e. The number of alkyl halides is 3. The predicted molar refractivity (Wildman–Crippen MR) is 142 cm³/mol. The van der Waals surface area contributed by atoms with Gasteiger partial charge in [-0.2, -0.15) is 9.78 Å². The number of nitrogens with zero attached hydrogens (tertiary/aromatic N) is 6. The average Bonchev–Trinajstić information content (AvgIpc) is 3.44. The van der Waals surface area contributed by atoms with Gasteiger partial charge in [-0.05, 0) is 31.0 Å². The van der Waals surface area contributed by atoms with Crippen molar-refractivity contribution in [3.63, 3.8) is 0 Å². The fourth-order valence-electron chi connectivity index (χ4n) is 4.71. The van der Waals surface area contributed by atoms with Gasteiger partial charge < -0.3 is 20.7 Å². The number of benzene rings is 1. The molecule has 0 bridgehead atoms. The molecule has 1 aromatic carbocycles. The molecule has 0 spiro atoms. The first-order chi connectivity index (χ1) is 19.5. The molecule has 0 unspecified atom stereocenters. The van der Waals surface area contributed by atoms with Crippen molar-refractivity contribution >= 4 is 23.0 Å². The van der Waals surface area contributed by atoms with Crippen molar-refractivity contribution in [2.24, 2.45) is 5.73 Å². The quantitative estimate of drug-likeness (QED) is 0.174. The summed E-state index contributed by atoms with van der Waals surface area (Å²) in [5.74, 6) is -0.340. The summed E-state index contributed by atoms with van der Waals surface area (Å²) < 4.78 is 59.6. The SMILES string of the molecule is COc1cccc(F)c1-c1nc(Nc2cc(N3CCC[C@H](N)C3)c(-c3cnn(C(F)(F)F)c3)cn2)ccc1[N+](=O)[O-]. The second kappa shape index (κ2) is 11.0. The Hall–Kier alpha value is -4.79. The second-order valence-corrected chi connectivity index (χ2v) is 9.34. The highest BCUT2D eigenvalue weighted by Crippen LogP contribution is 2.39. The first kappa shape index (κ1) is 27.8. The zero-order valence-corrected chi connectivity index (χ0v) is 21.6. The summed E-state index contributed by atoms with van der Waals surface area (Å²) in [6, 6.07) is 8.03. The fourth-order valence-corrected chi connectivity index (χ4v) is 4.71. The number of nitro groups is 1. The molecule has 0 radical (unpaired) electrons. The van der Waals surface area contributed by atoms with E-state index < -0.39 is 22.7 Å². The van der Waals surface area contributed by atoms with Crippen LogP contribution in [-0.2, 0) is 6.30 Å². The molecule has 0 amide bonds. The number of rotatable bonds is 7. The highest BCUT2D eigenvalue weighted by molar-refractivity contribution is 5.81. The molecule has 1 saturated heterocycles. The molecule has 11 nitrogen and oxygen atoms in total. The highest BCUT2D eigenvalue weighted by Gasteiger charge is 2.32. The molecule has 214 valence electrons. The summed E-state index contributed by atoms with van der Waals surface area (Å²) in [5.41, 5.74) is 6.48. The number of hydrogen-bond donors (Lipinski definition) is 2. The van der Waals surface area contributed by atoms with Gasteiger partial charge in [-0.15, -0.1) is 13.2 Å². The Kier molecular flexibility index (Phi) is 7.45. The van der Waals surface area contributed by atoms with Gasteiger partial charge in [-0.25, -0.2) is 14.4 Å². The van der Waals surface area contributed by atoms with Crippen molar-refractivity contribution in [3.05, 3.63) is 70.9 Å². The Balaban J connectivity index is 1.56. The van der Waals surface area contributed by atoms with Crippen molar-refractivity contribution in [2.75, 3.05) is 30.4 Å². The Labute approximate surface area is 230 Å². The zero-order valence-electron chi connectivity index (χ0n) is 21.6. The van der Waals surface area contributed by atoms with Crippen LogP contribution in [0.25, 0.3) is 22.4 Å². The van der Waals surface area contributed by atoms with E-state index in [0.717, 1.165) is 31.3 Å². The number of piperidine rings is 1. The summed E-state index contributed by atoms with van der Waals surface area (Å²) in [7, 11) is 1.31. The number of anilines is 3. The molecule has 4 heterocycles. The number of ether oxygens (including phenoxy) is 1. The minimum Gasteiger partial charge on any atom is -0.496 e. The zero-order chi connectivity index (χ0) is 29.3. The maximum absolute atomic E-state index is 14.8. The van der Waals surface area contributed by atoms with E-state index in [-0.39, 0.29) is 44.9 Å². The molecule has 1 aliphatic rings. The summed E-state index contributed by atoms with van der Waals surface area (Å²) in [4.78, 5) is 21.7. The molecule has 1 aliphatic heterocycles. The Morgan fingerprint density at radius 1 is 1.20 bits per heavy atom. The minimum absolute atomic E-state index is 0.0587. The molecule has 15 heteroatoms. The van der Waals surface area contributed by atoms with E-state index in [4.69, 9.17) is 10.5 Å². The van der Waals surface area contributed by atoms with Gasteiger partial charge in [0.2, 0.25) is 0 Å². The van der Waals surface area contributed by atoms with Crippen LogP contribution in [0.3, 0.4) is 0 Å². The molecule has 3 N–H and O–H groups in total. The topological polar surface area (TPSA) is 137 Å². The molecule has 4 aromatic rings. The summed E-state index contributed by atoms with van der Waals surface area (Å²) >= 11 is 0. The van der Waals surface area contributed by atoms with E-state index in [9.17, 15) is 27.7 Å². The molecule has 5 rings (SSSR count). The number of pyridine rings is 2. The van der Waals surface area contributed by atoms with Crippen LogP contribution in [0.4, 0.5) is 40.6 Å². The monoisotopic (exact) mass is 572 g/mol. The third-order valence-electron chi connectivity index (χ3n) is 6.59. The van der Waals surface area contributed by atoms with Gasteiger partial charge in [-0.1, -0.05) is 6.07 Å². The van der Waals surface area contributed by atoms with Gasteiger partial charge in [0.05, 0.1) is 23.8 Å². The fraction of sp³-hybridized carbons (Fsp3) is 0.269. The first-order valence-electron chi connectivity index (χ1n) is 12.4. The van der Waals surface area contributed by atoms with Gasteiger partial charge in [0.25, 0.3) is 5.69 Å². The lowest BCUT2D eigenvalue weighted by molar-refractivity contribution is -0.384. The average molecular weight is 573 g/mol. The summed E-state index contributed by atoms with van der Waals surface area (Å²) in [6.07, 6.45) is 0.303. The predicted octanol–water partition coefficient (Wildman–Crippen LogP) is 5.21. The number of halogens is 4. The van der Waals surface area contributed by atoms with Crippen LogP contribution in [0.2, 0.25) is 0 Å². The lowest BCUT2D eigenvalue weighted by Gasteiger charge is -2.34. The van der Waals surface area contributed by atoms with E-state index in [1.54, 1.807) is 6.07 Å². The van der Waals surface area contributed by atoms with Crippen LogP contribution in [-0.4, -0.2) is 50.9 Å². The molecular formula is C26H24F4N8O3. The molecule has 0 saturated carbocycles. The van der Waals surface area contributed by atoms with E-state index in [2.05, 4.69) is 20.4 Å². The van der Waals surface area contributed by atoms with Gasteiger partial charge >= 0.3 is 6.30 Å². The Morgan fingerprint density at radius 2 is 2.00 bits per heavy atom. The molecular weight excluding hydrogens is 548 g/mol. The van der Waals surface area contributed by atoms with E-state index in [1.165, 1.54) is 37.6 Å². The van der Waals surface area contributed by atoms with Crippen molar-refractivity contribution in [3.8, 4) is 28.1 Å². The van der Waals surface area contributed by atoms with Crippen LogP contribution in [0.5, 0.6) is 5.75 Å². The number of nitrogens with one attached hydrogen (secondary N) is 1. The Bertz CT molecular complexity index is 1590. The summed E-state index contributed by atoms with van der Waals surface area (Å²) in [5, 5.41) is 18.1. The molecule has 41 heavy (non-hydrogen) atoms. The van der Waals surface area contributed by atoms with Crippen molar-refractivity contribution in [1.29, 1.82) is 0 Å². The van der Waals surface area contributed by atoms with Crippen molar-refractivity contribution < 1.29 is 27.2 Å². The summed E-state index contributed by atoms with van der Waals surface area (Å²) in [6.45, 7) is 1.08. The van der Waals surface area contributed by atoms with E-state index in [1.807, 2.05) is 4.90 Å². The van der Waals surface area contributed by atoms with Crippen LogP contribution in [0.15, 0.2) is 55.0 Å². The maximum Gasteiger partial charge on any atom is 0.504 e. The number of hydrogen-bond acceptors (Lipinski definition) is 9. The van der Waals surface area contributed by atoms with Crippen LogP contribution >= 0.6 is 0 Å². The number of nitrogens with two attached hydrogens (primary N) is 1.